The number of hydrogen-bond acceptors (Lipinski definition) is 1. The topological polar surface area (TPSA) is 8.17 Å². The molecule has 2 nitrogen and oxygen atoms in total. The second-order valence-corrected chi connectivity index (χ2v) is 15.3. The molecular weight excluding hydrogens is 725 g/mol. The molecule has 0 fully saturated rings. The van der Waals surface area contributed by atoms with Crippen LogP contribution in [0.3, 0.4) is 0 Å². The van der Waals surface area contributed by atoms with Gasteiger partial charge < -0.3 is 9.47 Å². The van der Waals surface area contributed by atoms with Crippen LogP contribution in [-0.2, 0) is 0 Å². The number of aromatic nitrogens is 1. The van der Waals surface area contributed by atoms with Crippen LogP contribution in [0.5, 0.6) is 0 Å². The van der Waals surface area contributed by atoms with Crippen molar-refractivity contribution in [3.63, 3.8) is 0 Å². The highest BCUT2D eigenvalue weighted by molar-refractivity contribution is 6.16. The average molecular weight is 765 g/mol. The van der Waals surface area contributed by atoms with E-state index in [-0.39, 0.29) is 0 Å². The number of benzene rings is 10. The van der Waals surface area contributed by atoms with Crippen molar-refractivity contribution >= 4 is 49.6 Å². The minimum absolute atomic E-state index is 1.10. The van der Waals surface area contributed by atoms with Crippen LogP contribution < -0.4 is 4.90 Å². The zero-order valence-corrected chi connectivity index (χ0v) is 33.0. The molecule has 282 valence electrons. The van der Waals surface area contributed by atoms with Crippen LogP contribution in [-0.4, -0.2) is 4.57 Å². The van der Waals surface area contributed by atoms with Crippen molar-refractivity contribution in [3.8, 4) is 50.2 Å². The van der Waals surface area contributed by atoms with E-state index < -0.39 is 0 Å². The molecule has 0 aliphatic heterocycles. The highest BCUT2D eigenvalue weighted by Gasteiger charge is 2.21. The first-order chi connectivity index (χ1) is 29.8. The molecule has 11 rings (SSSR count). The maximum atomic E-state index is 2.43. The normalized spacial score (nSPS) is 11.3. The number of fused-ring (bicyclic) bond motifs is 4. The summed E-state index contributed by atoms with van der Waals surface area (Å²) in [5.41, 5.74) is 16.4. The van der Waals surface area contributed by atoms with Crippen LogP contribution in [0.1, 0.15) is 0 Å². The number of anilines is 3. The van der Waals surface area contributed by atoms with Crippen LogP contribution in [0, 0.1) is 0 Å². The lowest BCUT2D eigenvalue weighted by Crippen LogP contribution is -2.11. The Balaban J connectivity index is 1.04. The number of hydrogen-bond donors (Lipinski definition) is 0. The van der Waals surface area contributed by atoms with Gasteiger partial charge >= 0.3 is 0 Å². The fourth-order valence-corrected chi connectivity index (χ4v) is 8.98. The summed E-state index contributed by atoms with van der Waals surface area (Å²) in [6.07, 6.45) is 0. The van der Waals surface area contributed by atoms with Crippen LogP contribution in [0.25, 0.3) is 82.8 Å². The number of rotatable bonds is 8. The standard InChI is InChI=1S/C58H40N2/c1-3-16-41(17-4-1)42-32-34-43(35-33-42)44-36-38-49(39-37-44)59(55-30-14-19-45-18-7-8-24-50(45)55)54-28-11-9-25-51(54)46-20-13-21-47(40-46)52-27-15-31-57-58(52)53-26-10-12-29-56(53)60(57)48-22-5-2-6-23-48/h1-40H. The van der Waals surface area contributed by atoms with Crippen molar-refractivity contribution < 1.29 is 0 Å². The van der Waals surface area contributed by atoms with Crippen LogP contribution in [0.15, 0.2) is 243 Å². The minimum atomic E-state index is 1.10. The second kappa shape index (κ2) is 15.1. The van der Waals surface area contributed by atoms with Gasteiger partial charge in [0, 0.05) is 33.1 Å². The first-order valence-electron chi connectivity index (χ1n) is 20.6. The molecule has 0 bridgehead atoms. The van der Waals surface area contributed by atoms with E-state index in [9.17, 15) is 0 Å². The van der Waals surface area contributed by atoms with Crippen molar-refractivity contribution in [1.29, 1.82) is 0 Å². The van der Waals surface area contributed by atoms with E-state index in [4.69, 9.17) is 0 Å². The smallest absolute Gasteiger partial charge is 0.0547 e. The molecule has 0 N–H and O–H groups in total. The summed E-state index contributed by atoms with van der Waals surface area (Å²) in [5.74, 6) is 0. The Morgan fingerprint density at radius 3 is 1.55 bits per heavy atom. The summed E-state index contributed by atoms with van der Waals surface area (Å²) in [4.78, 5) is 2.43. The van der Waals surface area contributed by atoms with Gasteiger partial charge in [0.1, 0.15) is 0 Å². The van der Waals surface area contributed by atoms with Crippen molar-refractivity contribution in [2.75, 3.05) is 4.90 Å². The highest BCUT2D eigenvalue weighted by atomic mass is 15.1. The van der Waals surface area contributed by atoms with Crippen molar-refractivity contribution in [3.05, 3.63) is 243 Å². The lowest BCUT2D eigenvalue weighted by Gasteiger charge is -2.29. The van der Waals surface area contributed by atoms with Crippen LogP contribution in [0.2, 0.25) is 0 Å². The van der Waals surface area contributed by atoms with Gasteiger partial charge in [-0.1, -0.05) is 188 Å². The summed E-state index contributed by atoms with van der Waals surface area (Å²) in [6, 6.07) is 87.8. The maximum absolute atomic E-state index is 2.43. The molecule has 2 heteroatoms. The average Bonchev–Trinajstić information content (AvgIpc) is 3.67. The second-order valence-electron chi connectivity index (χ2n) is 15.3. The Hall–Kier alpha value is -7.94. The molecule has 60 heavy (non-hydrogen) atoms. The first kappa shape index (κ1) is 35.2. The van der Waals surface area contributed by atoms with Crippen LogP contribution in [0.4, 0.5) is 17.1 Å². The third-order valence-corrected chi connectivity index (χ3v) is 11.8. The van der Waals surface area contributed by atoms with Gasteiger partial charge in [0.25, 0.3) is 0 Å². The molecule has 0 spiro atoms. The van der Waals surface area contributed by atoms with Gasteiger partial charge in [-0.3, -0.25) is 0 Å². The Morgan fingerprint density at radius 2 is 0.783 bits per heavy atom. The van der Waals surface area contributed by atoms with E-state index in [0.717, 1.165) is 33.9 Å². The predicted molar refractivity (Wildman–Crippen MR) is 255 cm³/mol. The van der Waals surface area contributed by atoms with E-state index in [2.05, 4.69) is 252 Å². The summed E-state index contributed by atoms with van der Waals surface area (Å²) in [7, 11) is 0. The fraction of sp³-hybridized carbons (Fsp3) is 0. The Labute approximate surface area is 350 Å². The Kier molecular flexibility index (Phi) is 8.87. The van der Waals surface area contributed by atoms with E-state index in [1.54, 1.807) is 0 Å². The molecule has 0 radical (unpaired) electrons. The molecular formula is C58H40N2. The van der Waals surface area contributed by atoms with E-state index in [1.807, 2.05) is 0 Å². The third-order valence-electron chi connectivity index (χ3n) is 11.8. The molecule has 0 saturated heterocycles. The molecule has 11 aromatic rings. The quantitative estimate of drug-likeness (QED) is 0.150. The highest BCUT2D eigenvalue weighted by Crippen LogP contribution is 2.45. The molecule has 1 heterocycles. The summed E-state index contributed by atoms with van der Waals surface area (Å²) in [5, 5.41) is 4.91. The van der Waals surface area contributed by atoms with Gasteiger partial charge in [0.05, 0.1) is 22.4 Å². The Morgan fingerprint density at radius 1 is 0.300 bits per heavy atom. The first-order valence-corrected chi connectivity index (χ1v) is 20.6. The molecule has 0 saturated carbocycles. The van der Waals surface area contributed by atoms with Crippen molar-refractivity contribution in [2.24, 2.45) is 0 Å². The SMILES string of the molecule is c1ccc(-c2ccc(-c3ccc(N(c4ccccc4-c4cccc(-c5cccc6c5c5ccccc5n6-c5ccccc5)c4)c4cccc5ccccc45)cc3)cc2)cc1. The predicted octanol–water partition coefficient (Wildman–Crippen LogP) is 16.1. The minimum Gasteiger partial charge on any atom is -0.309 e. The van der Waals surface area contributed by atoms with E-state index in [0.29, 0.717) is 0 Å². The lowest BCUT2D eigenvalue weighted by atomic mass is 9.94. The van der Waals surface area contributed by atoms with Gasteiger partial charge in [-0.15, -0.1) is 0 Å². The van der Waals surface area contributed by atoms with E-state index in [1.165, 1.54) is 66.0 Å². The monoisotopic (exact) mass is 764 g/mol. The molecule has 10 aromatic carbocycles. The van der Waals surface area contributed by atoms with Gasteiger partial charge in [-0.25, -0.2) is 0 Å². The van der Waals surface area contributed by atoms with Gasteiger partial charge in [-0.05, 0) is 98.9 Å². The summed E-state index contributed by atoms with van der Waals surface area (Å²) < 4.78 is 2.39. The zero-order chi connectivity index (χ0) is 39.8. The number of nitrogens with zero attached hydrogens (tertiary/aromatic N) is 2. The molecule has 0 unspecified atom stereocenters. The maximum Gasteiger partial charge on any atom is 0.0547 e. The van der Waals surface area contributed by atoms with Crippen molar-refractivity contribution in [2.45, 2.75) is 0 Å². The fourth-order valence-electron chi connectivity index (χ4n) is 8.98. The largest absolute Gasteiger partial charge is 0.309 e. The lowest BCUT2D eigenvalue weighted by molar-refractivity contribution is 1.18. The van der Waals surface area contributed by atoms with Crippen molar-refractivity contribution in [1.82, 2.24) is 4.57 Å². The van der Waals surface area contributed by atoms with Gasteiger partial charge in [-0.2, -0.15) is 0 Å². The zero-order valence-electron chi connectivity index (χ0n) is 33.0. The van der Waals surface area contributed by atoms with Crippen LogP contribution >= 0.6 is 0 Å². The summed E-state index contributed by atoms with van der Waals surface area (Å²) in [6.45, 7) is 0. The Bertz CT molecular complexity index is 3280. The summed E-state index contributed by atoms with van der Waals surface area (Å²) >= 11 is 0. The number of para-hydroxylation sites is 3. The van der Waals surface area contributed by atoms with E-state index >= 15 is 0 Å². The molecule has 1 aromatic heterocycles. The van der Waals surface area contributed by atoms with Gasteiger partial charge in [0.2, 0.25) is 0 Å². The third kappa shape index (κ3) is 6.23. The molecule has 0 aliphatic carbocycles. The molecule has 0 amide bonds. The molecule has 0 atom stereocenters. The van der Waals surface area contributed by atoms with Gasteiger partial charge in [0.15, 0.2) is 0 Å². The molecule has 0 aliphatic rings.